The van der Waals surface area contributed by atoms with E-state index in [1.807, 2.05) is 6.92 Å². The van der Waals surface area contributed by atoms with Crippen molar-refractivity contribution in [3.63, 3.8) is 0 Å². The lowest BCUT2D eigenvalue weighted by atomic mass is 9.99. The minimum absolute atomic E-state index is 0.0866. The summed E-state index contributed by atoms with van der Waals surface area (Å²) in [5, 5.41) is 16.4. The molecule has 2 atom stereocenters. The molecule has 0 spiro atoms. The third-order valence-corrected chi connectivity index (χ3v) is 3.52. The van der Waals surface area contributed by atoms with Gasteiger partial charge in [-0.3, -0.25) is 4.79 Å². The maximum Gasteiger partial charge on any atom is 0.255 e. The van der Waals surface area contributed by atoms with Crippen molar-refractivity contribution >= 4 is 17.5 Å². The van der Waals surface area contributed by atoms with Crippen LogP contribution < -0.4 is 10.6 Å². The first-order valence-electron chi connectivity index (χ1n) is 6.10. The van der Waals surface area contributed by atoms with Gasteiger partial charge < -0.3 is 15.7 Å². The number of hydrogen-bond donors (Lipinski definition) is 3. The number of aromatic hydroxyl groups is 1. The Bertz CT molecular complexity index is 451. The summed E-state index contributed by atoms with van der Waals surface area (Å²) in [7, 11) is 0. The molecule has 0 aromatic heterocycles. The second kappa shape index (κ2) is 5.59. The molecule has 0 aliphatic carbocycles. The third-order valence-electron chi connectivity index (χ3n) is 3.28. The summed E-state index contributed by atoms with van der Waals surface area (Å²) >= 11 is 5.73. The molecular formula is C13H17ClN2O2. The van der Waals surface area contributed by atoms with Crippen LogP contribution in [0.4, 0.5) is 0 Å². The molecule has 1 amide bonds. The van der Waals surface area contributed by atoms with Gasteiger partial charge in [0.1, 0.15) is 5.75 Å². The van der Waals surface area contributed by atoms with Crippen molar-refractivity contribution in [3.8, 4) is 5.75 Å². The van der Waals surface area contributed by atoms with E-state index in [0.717, 1.165) is 19.4 Å². The molecular weight excluding hydrogens is 252 g/mol. The lowest BCUT2D eigenvalue weighted by molar-refractivity contribution is 0.0917. The molecule has 1 aliphatic rings. The molecule has 1 heterocycles. The monoisotopic (exact) mass is 268 g/mol. The van der Waals surface area contributed by atoms with Crippen LogP contribution in [0.5, 0.6) is 5.75 Å². The Labute approximate surface area is 111 Å². The fourth-order valence-electron chi connectivity index (χ4n) is 2.18. The number of hydrogen-bond acceptors (Lipinski definition) is 3. The zero-order chi connectivity index (χ0) is 13.1. The molecule has 0 radical (unpaired) electrons. The molecule has 0 saturated carbocycles. The standard InChI is InChI=1S/C13H17ClN2O2/c1-8-11(3-2-6-15-8)16-13(18)10-5-4-9(14)7-12(10)17/h4-5,7-8,11,15,17H,2-3,6H2,1H3,(H,16,18). The zero-order valence-corrected chi connectivity index (χ0v) is 11.0. The van der Waals surface area contributed by atoms with E-state index in [4.69, 9.17) is 11.6 Å². The SMILES string of the molecule is CC1NCCCC1NC(=O)c1ccc(Cl)cc1O. The van der Waals surface area contributed by atoms with Crippen LogP contribution in [-0.4, -0.2) is 29.6 Å². The third kappa shape index (κ3) is 2.94. The van der Waals surface area contributed by atoms with Crippen LogP contribution in [0.3, 0.4) is 0 Å². The number of amides is 1. The number of halogens is 1. The van der Waals surface area contributed by atoms with Gasteiger partial charge in [0.05, 0.1) is 5.56 Å². The van der Waals surface area contributed by atoms with E-state index >= 15 is 0 Å². The largest absolute Gasteiger partial charge is 0.507 e. The second-order valence-corrected chi connectivity index (χ2v) is 5.06. The number of phenolic OH excluding ortho intramolecular Hbond substituents is 1. The minimum Gasteiger partial charge on any atom is -0.507 e. The van der Waals surface area contributed by atoms with E-state index in [1.165, 1.54) is 12.1 Å². The van der Waals surface area contributed by atoms with Gasteiger partial charge >= 0.3 is 0 Å². The molecule has 4 nitrogen and oxygen atoms in total. The van der Waals surface area contributed by atoms with Gasteiger partial charge in [-0.15, -0.1) is 0 Å². The Morgan fingerprint density at radius 2 is 2.33 bits per heavy atom. The first kappa shape index (κ1) is 13.2. The first-order chi connectivity index (χ1) is 8.58. The topological polar surface area (TPSA) is 61.4 Å². The van der Waals surface area contributed by atoms with Crippen LogP contribution in [0.1, 0.15) is 30.1 Å². The quantitative estimate of drug-likeness (QED) is 0.768. The molecule has 98 valence electrons. The van der Waals surface area contributed by atoms with Crippen molar-refractivity contribution in [2.45, 2.75) is 31.8 Å². The Hall–Kier alpha value is -1.26. The van der Waals surface area contributed by atoms with Crippen molar-refractivity contribution in [1.82, 2.24) is 10.6 Å². The minimum atomic E-state index is -0.260. The van der Waals surface area contributed by atoms with Gasteiger partial charge in [-0.2, -0.15) is 0 Å². The fourth-order valence-corrected chi connectivity index (χ4v) is 2.35. The summed E-state index contributed by atoms with van der Waals surface area (Å²) in [4.78, 5) is 12.0. The van der Waals surface area contributed by atoms with Crippen LogP contribution in [0, 0.1) is 0 Å². The predicted molar refractivity (Wildman–Crippen MR) is 71.1 cm³/mol. The van der Waals surface area contributed by atoms with Gasteiger partial charge in [-0.05, 0) is 44.5 Å². The highest BCUT2D eigenvalue weighted by Crippen LogP contribution is 2.22. The van der Waals surface area contributed by atoms with Gasteiger partial charge in [0.15, 0.2) is 0 Å². The summed E-state index contributed by atoms with van der Waals surface area (Å²) in [5.74, 6) is -0.346. The maximum absolute atomic E-state index is 12.0. The number of benzene rings is 1. The van der Waals surface area contributed by atoms with E-state index in [1.54, 1.807) is 6.07 Å². The van der Waals surface area contributed by atoms with Crippen LogP contribution >= 0.6 is 11.6 Å². The average Bonchev–Trinajstić information content (AvgIpc) is 2.32. The highest BCUT2D eigenvalue weighted by atomic mass is 35.5. The molecule has 1 aliphatic heterocycles. The lowest BCUT2D eigenvalue weighted by Crippen LogP contribution is -2.51. The van der Waals surface area contributed by atoms with E-state index < -0.39 is 0 Å². The summed E-state index contributed by atoms with van der Waals surface area (Å²) in [6, 6.07) is 4.85. The van der Waals surface area contributed by atoms with Crippen molar-refractivity contribution in [2.24, 2.45) is 0 Å². The van der Waals surface area contributed by atoms with E-state index in [9.17, 15) is 9.90 Å². The summed E-state index contributed by atoms with van der Waals surface area (Å²) in [6.45, 7) is 3.03. The van der Waals surface area contributed by atoms with Gasteiger partial charge in [0.2, 0.25) is 0 Å². The summed E-state index contributed by atoms with van der Waals surface area (Å²) < 4.78 is 0. The molecule has 0 bridgehead atoms. The van der Waals surface area contributed by atoms with Crippen molar-refractivity contribution in [3.05, 3.63) is 28.8 Å². The molecule has 1 aromatic carbocycles. The smallest absolute Gasteiger partial charge is 0.255 e. The molecule has 18 heavy (non-hydrogen) atoms. The average molecular weight is 269 g/mol. The molecule has 1 fully saturated rings. The molecule has 5 heteroatoms. The number of phenols is 1. The lowest BCUT2D eigenvalue weighted by Gasteiger charge is -2.30. The highest BCUT2D eigenvalue weighted by Gasteiger charge is 2.23. The maximum atomic E-state index is 12.0. The Morgan fingerprint density at radius 3 is 3.00 bits per heavy atom. The number of carbonyl (C=O) groups excluding carboxylic acids is 1. The van der Waals surface area contributed by atoms with Crippen LogP contribution in [0.2, 0.25) is 5.02 Å². The number of rotatable bonds is 2. The molecule has 3 N–H and O–H groups in total. The van der Waals surface area contributed by atoms with Crippen molar-refractivity contribution < 1.29 is 9.90 Å². The van der Waals surface area contributed by atoms with Crippen molar-refractivity contribution in [1.29, 1.82) is 0 Å². The zero-order valence-electron chi connectivity index (χ0n) is 10.2. The van der Waals surface area contributed by atoms with Crippen LogP contribution in [0.15, 0.2) is 18.2 Å². The Kier molecular flexibility index (Phi) is 4.09. The van der Waals surface area contributed by atoms with E-state index in [-0.39, 0.29) is 29.3 Å². The van der Waals surface area contributed by atoms with E-state index in [0.29, 0.717) is 5.02 Å². The second-order valence-electron chi connectivity index (χ2n) is 4.63. The van der Waals surface area contributed by atoms with Crippen LogP contribution in [0.25, 0.3) is 0 Å². The number of nitrogens with one attached hydrogen (secondary N) is 2. The van der Waals surface area contributed by atoms with Gasteiger partial charge in [-0.25, -0.2) is 0 Å². The Balaban J connectivity index is 2.07. The summed E-state index contributed by atoms with van der Waals surface area (Å²) in [6.07, 6.45) is 2.00. The molecule has 1 aromatic rings. The van der Waals surface area contributed by atoms with E-state index in [2.05, 4.69) is 10.6 Å². The molecule has 2 unspecified atom stereocenters. The fraction of sp³-hybridized carbons (Fsp3) is 0.462. The predicted octanol–water partition coefficient (Wildman–Crippen LogP) is 1.92. The Morgan fingerprint density at radius 1 is 1.56 bits per heavy atom. The van der Waals surface area contributed by atoms with Gasteiger partial charge in [0.25, 0.3) is 5.91 Å². The first-order valence-corrected chi connectivity index (χ1v) is 6.48. The van der Waals surface area contributed by atoms with Gasteiger partial charge in [0, 0.05) is 17.1 Å². The van der Waals surface area contributed by atoms with Gasteiger partial charge in [-0.1, -0.05) is 11.6 Å². The van der Waals surface area contributed by atoms with Crippen molar-refractivity contribution in [2.75, 3.05) is 6.54 Å². The number of piperidine rings is 1. The molecule has 1 saturated heterocycles. The molecule has 2 rings (SSSR count). The number of carbonyl (C=O) groups is 1. The summed E-state index contributed by atoms with van der Waals surface area (Å²) in [5.41, 5.74) is 0.261. The van der Waals surface area contributed by atoms with Crippen LogP contribution in [-0.2, 0) is 0 Å². The normalized spacial score (nSPS) is 23.7. The highest BCUT2D eigenvalue weighted by molar-refractivity contribution is 6.30.